The number of hydrogen-bond acceptors (Lipinski definition) is 3. The summed E-state index contributed by atoms with van der Waals surface area (Å²) in [5.74, 6) is 0.907. The standard InChI is InChI=1S/C20H31N3O2/c1-3-21-20(22-14-9-5-4-6-12-19(24)25-2)23-15-13-17-10-7-8-11-18(17)16-23/h7-8,10-11H,3-6,9,12-16H2,1-2H3,(H,21,22). The van der Waals surface area contributed by atoms with Crippen molar-refractivity contribution >= 4 is 11.9 Å². The van der Waals surface area contributed by atoms with Crippen molar-refractivity contribution in [3.8, 4) is 0 Å². The van der Waals surface area contributed by atoms with Crippen LogP contribution in [0.4, 0.5) is 0 Å². The fourth-order valence-corrected chi connectivity index (χ4v) is 3.12. The summed E-state index contributed by atoms with van der Waals surface area (Å²) < 4.78 is 4.65. The Balaban J connectivity index is 1.76. The third-order valence-electron chi connectivity index (χ3n) is 4.54. The molecule has 1 aromatic carbocycles. The van der Waals surface area contributed by atoms with Crippen molar-refractivity contribution in [1.29, 1.82) is 0 Å². The fraction of sp³-hybridized carbons (Fsp3) is 0.600. The van der Waals surface area contributed by atoms with E-state index in [2.05, 4.69) is 46.1 Å². The van der Waals surface area contributed by atoms with Gasteiger partial charge in [-0.15, -0.1) is 0 Å². The minimum atomic E-state index is -0.113. The number of methoxy groups -OCH3 is 1. The second-order valence-corrected chi connectivity index (χ2v) is 6.42. The lowest BCUT2D eigenvalue weighted by Gasteiger charge is -2.31. The predicted molar refractivity (Wildman–Crippen MR) is 102 cm³/mol. The zero-order valence-corrected chi connectivity index (χ0v) is 15.6. The minimum absolute atomic E-state index is 0.113. The van der Waals surface area contributed by atoms with Crippen molar-refractivity contribution in [3.05, 3.63) is 35.4 Å². The number of ether oxygens (including phenoxy) is 1. The molecule has 1 aliphatic rings. The second kappa shape index (κ2) is 10.7. The molecule has 0 atom stereocenters. The highest BCUT2D eigenvalue weighted by Crippen LogP contribution is 2.18. The maximum Gasteiger partial charge on any atom is 0.305 e. The van der Waals surface area contributed by atoms with E-state index in [-0.39, 0.29) is 5.97 Å². The van der Waals surface area contributed by atoms with Crippen LogP contribution in [-0.4, -0.2) is 43.6 Å². The smallest absolute Gasteiger partial charge is 0.305 e. The SMILES string of the molecule is CCNC(=NCCCCCCC(=O)OC)N1CCc2ccccc2C1. The molecule has 5 heteroatoms. The molecule has 0 saturated carbocycles. The number of rotatable bonds is 8. The lowest BCUT2D eigenvalue weighted by molar-refractivity contribution is -0.140. The van der Waals surface area contributed by atoms with Crippen molar-refractivity contribution in [1.82, 2.24) is 10.2 Å². The van der Waals surface area contributed by atoms with E-state index in [4.69, 9.17) is 4.99 Å². The summed E-state index contributed by atoms with van der Waals surface area (Å²) >= 11 is 0. The number of fused-ring (bicyclic) bond motifs is 1. The number of nitrogens with one attached hydrogen (secondary N) is 1. The summed E-state index contributed by atoms with van der Waals surface area (Å²) in [7, 11) is 1.44. The quantitative estimate of drug-likeness (QED) is 0.340. The van der Waals surface area contributed by atoms with Crippen LogP contribution in [0, 0.1) is 0 Å². The zero-order valence-electron chi connectivity index (χ0n) is 15.6. The van der Waals surface area contributed by atoms with Crippen LogP contribution in [0.5, 0.6) is 0 Å². The van der Waals surface area contributed by atoms with Gasteiger partial charge >= 0.3 is 5.97 Å². The van der Waals surface area contributed by atoms with Gasteiger partial charge in [-0.3, -0.25) is 9.79 Å². The van der Waals surface area contributed by atoms with Crippen LogP contribution in [0.1, 0.15) is 50.2 Å². The molecule has 1 aromatic rings. The highest BCUT2D eigenvalue weighted by molar-refractivity contribution is 5.80. The molecule has 25 heavy (non-hydrogen) atoms. The molecule has 0 radical (unpaired) electrons. The number of benzene rings is 1. The topological polar surface area (TPSA) is 53.9 Å². The molecule has 1 heterocycles. The molecule has 0 fully saturated rings. The summed E-state index contributed by atoms with van der Waals surface area (Å²) in [6, 6.07) is 8.67. The van der Waals surface area contributed by atoms with E-state index in [1.54, 1.807) is 0 Å². The number of carbonyl (C=O) groups is 1. The van der Waals surface area contributed by atoms with Crippen molar-refractivity contribution in [3.63, 3.8) is 0 Å². The number of hydrogen-bond donors (Lipinski definition) is 1. The Morgan fingerprint density at radius 1 is 1.20 bits per heavy atom. The highest BCUT2D eigenvalue weighted by atomic mass is 16.5. The van der Waals surface area contributed by atoms with Gasteiger partial charge in [-0.05, 0) is 37.3 Å². The first-order valence-corrected chi connectivity index (χ1v) is 9.41. The summed E-state index contributed by atoms with van der Waals surface area (Å²) in [5, 5.41) is 3.42. The van der Waals surface area contributed by atoms with E-state index in [1.807, 2.05) is 0 Å². The molecule has 1 N–H and O–H groups in total. The van der Waals surface area contributed by atoms with Gasteiger partial charge in [0.05, 0.1) is 7.11 Å². The lowest BCUT2D eigenvalue weighted by atomic mass is 10.0. The summed E-state index contributed by atoms with van der Waals surface area (Å²) in [6.45, 7) is 5.78. The van der Waals surface area contributed by atoms with Gasteiger partial charge in [0.1, 0.15) is 0 Å². The average molecular weight is 345 g/mol. The van der Waals surface area contributed by atoms with Crippen LogP contribution in [0.15, 0.2) is 29.3 Å². The maximum absolute atomic E-state index is 11.1. The summed E-state index contributed by atoms with van der Waals surface area (Å²) in [5.41, 5.74) is 2.86. The van der Waals surface area contributed by atoms with E-state index in [1.165, 1.54) is 18.2 Å². The Labute approximate surface area is 151 Å². The number of esters is 1. The third kappa shape index (κ3) is 6.40. The molecule has 138 valence electrons. The van der Waals surface area contributed by atoms with E-state index in [9.17, 15) is 4.79 Å². The van der Waals surface area contributed by atoms with Crippen LogP contribution >= 0.6 is 0 Å². The van der Waals surface area contributed by atoms with E-state index in [0.29, 0.717) is 6.42 Å². The lowest BCUT2D eigenvalue weighted by Crippen LogP contribution is -2.44. The van der Waals surface area contributed by atoms with Gasteiger partial charge < -0.3 is 15.0 Å². The second-order valence-electron chi connectivity index (χ2n) is 6.42. The van der Waals surface area contributed by atoms with Gasteiger partial charge in [0.15, 0.2) is 5.96 Å². The first-order valence-electron chi connectivity index (χ1n) is 9.41. The molecule has 0 spiro atoms. The van der Waals surface area contributed by atoms with Gasteiger partial charge in [0.2, 0.25) is 0 Å². The van der Waals surface area contributed by atoms with Gasteiger partial charge in [0.25, 0.3) is 0 Å². The summed E-state index contributed by atoms with van der Waals surface area (Å²) in [6.07, 6.45) is 5.71. The monoisotopic (exact) mass is 345 g/mol. The number of nitrogens with zero attached hydrogens (tertiary/aromatic N) is 2. The Morgan fingerprint density at radius 3 is 2.72 bits per heavy atom. The molecule has 0 amide bonds. The zero-order chi connectivity index (χ0) is 17.9. The third-order valence-corrected chi connectivity index (χ3v) is 4.54. The molecule has 0 saturated heterocycles. The Hall–Kier alpha value is -2.04. The van der Waals surface area contributed by atoms with Gasteiger partial charge in [-0.2, -0.15) is 0 Å². The fourth-order valence-electron chi connectivity index (χ4n) is 3.12. The molecule has 0 aromatic heterocycles. The van der Waals surface area contributed by atoms with Crippen LogP contribution in [-0.2, 0) is 22.5 Å². The maximum atomic E-state index is 11.1. The molecule has 0 bridgehead atoms. The number of carbonyl (C=O) groups excluding carboxylic acids is 1. The number of guanidine groups is 1. The molecule has 2 rings (SSSR count). The number of unbranched alkanes of at least 4 members (excludes halogenated alkanes) is 3. The van der Waals surface area contributed by atoms with Gasteiger partial charge in [0, 0.05) is 32.6 Å². The molecule has 1 aliphatic heterocycles. The first-order chi connectivity index (χ1) is 12.2. The van der Waals surface area contributed by atoms with E-state index in [0.717, 1.165) is 64.2 Å². The number of aliphatic imine (C=N–C) groups is 1. The predicted octanol–water partition coefficient (Wildman–Crippen LogP) is 3.13. The minimum Gasteiger partial charge on any atom is -0.469 e. The Kier molecular flexibility index (Phi) is 8.29. The van der Waals surface area contributed by atoms with Crippen LogP contribution in [0.3, 0.4) is 0 Å². The molecular formula is C20H31N3O2. The van der Waals surface area contributed by atoms with Crippen LogP contribution in [0.2, 0.25) is 0 Å². The van der Waals surface area contributed by atoms with Crippen molar-refractivity contribution in [2.24, 2.45) is 4.99 Å². The van der Waals surface area contributed by atoms with Crippen molar-refractivity contribution < 1.29 is 9.53 Å². The van der Waals surface area contributed by atoms with Gasteiger partial charge in [-0.1, -0.05) is 37.1 Å². The van der Waals surface area contributed by atoms with E-state index >= 15 is 0 Å². The average Bonchev–Trinajstić information content (AvgIpc) is 2.65. The van der Waals surface area contributed by atoms with Gasteiger partial charge in [-0.25, -0.2) is 0 Å². The molecule has 5 nitrogen and oxygen atoms in total. The van der Waals surface area contributed by atoms with Crippen LogP contribution in [0.25, 0.3) is 0 Å². The largest absolute Gasteiger partial charge is 0.469 e. The highest BCUT2D eigenvalue weighted by Gasteiger charge is 2.18. The van der Waals surface area contributed by atoms with Crippen molar-refractivity contribution in [2.75, 3.05) is 26.7 Å². The summed E-state index contributed by atoms with van der Waals surface area (Å²) in [4.78, 5) is 18.2. The molecule has 0 unspecified atom stereocenters. The first kappa shape index (κ1) is 19.3. The van der Waals surface area contributed by atoms with Crippen LogP contribution < -0.4 is 5.32 Å². The van der Waals surface area contributed by atoms with E-state index < -0.39 is 0 Å². The molecule has 0 aliphatic carbocycles. The normalized spacial score (nSPS) is 14.2. The molecular weight excluding hydrogens is 314 g/mol. The van der Waals surface area contributed by atoms with Crippen molar-refractivity contribution in [2.45, 2.75) is 52.0 Å². The Morgan fingerprint density at radius 2 is 1.96 bits per heavy atom. The Bertz CT molecular complexity index is 572.